The fourth-order valence-corrected chi connectivity index (χ4v) is 8.74. The van der Waals surface area contributed by atoms with E-state index in [0.29, 0.717) is 0 Å². The molecule has 1 aliphatic rings. The summed E-state index contributed by atoms with van der Waals surface area (Å²) < 4.78 is 2.64. The van der Waals surface area contributed by atoms with Gasteiger partial charge in [0.2, 0.25) is 0 Å². The summed E-state index contributed by atoms with van der Waals surface area (Å²) in [6.07, 6.45) is 0. The Hall–Kier alpha value is -5.18. The van der Waals surface area contributed by atoms with E-state index in [4.69, 9.17) is 0 Å². The van der Waals surface area contributed by atoms with Crippen LogP contribution < -0.4 is 4.90 Å². The van der Waals surface area contributed by atoms with Crippen LogP contribution in [0.1, 0.15) is 25.0 Å². The quantitative estimate of drug-likeness (QED) is 0.196. The van der Waals surface area contributed by atoms with Crippen molar-refractivity contribution in [3.63, 3.8) is 0 Å². The molecule has 0 radical (unpaired) electrons. The van der Waals surface area contributed by atoms with Crippen molar-refractivity contribution < 1.29 is 0 Å². The minimum absolute atomic E-state index is 0.0902. The highest BCUT2D eigenvalue weighted by atomic mass is 32.1. The van der Waals surface area contributed by atoms with Crippen LogP contribution in [0.15, 0.2) is 152 Å². The van der Waals surface area contributed by atoms with Gasteiger partial charge in [0.1, 0.15) is 0 Å². The maximum absolute atomic E-state index is 2.53. The van der Waals surface area contributed by atoms with Gasteiger partial charge in [0.15, 0.2) is 0 Å². The third kappa shape index (κ3) is 3.86. The zero-order valence-corrected chi connectivity index (χ0v) is 26.1. The van der Waals surface area contributed by atoms with Gasteiger partial charge in [0.05, 0.1) is 17.1 Å². The molecule has 1 heterocycles. The molecular weight excluding hydrogens is 563 g/mol. The van der Waals surface area contributed by atoms with Crippen LogP contribution in [0.25, 0.3) is 53.2 Å². The highest BCUT2D eigenvalue weighted by Crippen LogP contribution is 2.55. The molecule has 1 aromatic heterocycles. The van der Waals surface area contributed by atoms with Gasteiger partial charge in [0, 0.05) is 42.1 Å². The van der Waals surface area contributed by atoms with E-state index >= 15 is 0 Å². The summed E-state index contributed by atoms with van der Waals surface area (Å²) in [5, 5.41) is 5.11. The van der Waals surface area contributed by atoms with Gasteiger partial charge in [-0.05, 0) is 58.0 Å². The van der Waals surface area contributed by atoms with Crippen LogP contribution in [0.2, 0.25) is 0 Å². The third-order valence-electron chi connectivity index (χ3n) is 9.67. The van der Waals surface area contributed by atoms with Crippen LogP contribution in [0.4, 0.5) is 17.1 Å². The van der Waals surface area contributed by atoms with Crippen LogP contribution >= 0.6 is 11.3 Å². The van der Waals surface area contributed by atoms with Gasteiger partial charge in [-0.3, -0.25) is 0 Å². The Labute approximate surface area is 267 Å². The predicted molar refractivity (Wildman–Crippen MR) is 195 cm³/mol. The van der Waals surface area contributed by atoms with Crippen LogP contribution in [-0.2, 0) is 5.41 Å². The fraction of sp³-hybridized carbons (Fsp3) is 0.0698. The number of anilines is 3. The number of fused-ring (bicyclic) bond motifs is 7. The van der Waals surface area contributed by atoms with Gasteiger partial charge in [-0.1, -0.05) is 135 Å². The zero-order chi connectivity index (χ0) is 30.1. The first-order valence-corrected chi connectivity index (χ1v) is 16.4. The van der Waals surface area contributed by atoms with Crippen molar-refractivity contribution in [3.8, 4) is 22.3 Å². The number of benzene rings is 7. The molecule has 0 atom stereocenters. The maximum atomic E-state index is 2.53. The topological polar surface area (TPSA) is 3.24 Å². The summed E-state index contributed by atoms with van der Waals surface area (Å²) in [7, 11) is 0. The van der Waals surface area contributed by atoms with Crippen molar-refractivity contribution in [1.82, 2.24) is 0 Å². The number of thiophene rings is 1. The predicted octanol–water partition coefficient (Wildman–Crippen LogP) is 12.7. The lowest BCUT2D eigenvalue weighted by Gasteiger charge is -2.31. The van der Waals surface area contributed by atoms with E-state index in [1.165, 1.54) is 81.4 Å². The summed E-state index contributed by atoms with van der Waals surface area (Å²) in [5.41, 5.74) is 11.3. The molecule has 1 aliphatic carbocycles. The molecule has 0 saturated carbocycles. The van der Waals surface area contributed by atoms with Crippen molar-refractivity contribution in [2.45, 2.75) is 19.3 Å². The highest BCUT2D eigenvalue weighted by Gasteiger charge is 2.38. The standard InChI is InChI=1S/C43H31NS/c1-43(2)34-21-8-5-18-32(34)42-35(43)22-13-25-38(42)44(36-24-11-15-28-14-3-4-16-29(28)36)37-23-9-6-17-30(37)31-20-12-27-40-41(31)33-19-7-10-26-39(33)45-40/h3-27H,1-2H3. The van der Waals surface area contributed by atoms with Crippen molar-refractivity contribution >= 4 is 59.3 Å². The molecular formula is C43H31NS. The van der Waals surface area contributed by atoms with E-state index in [0.717, 1.165) is 0 Å². The number of nitrogens with zero attached hydrogens (tertiary/aromatic N) is 1. The van der Waals surface area contributed by atoms with E-state index in [1.54, 1.807) is 0 Å². The van der Waals surface area contributed by atoms with Gasteiger partial charge < -0.3 is 4.90 Å². The first kappa shape index (κ1) is 26.2. The second kappa shape index (κ2) is 9.92. The molecule has 0 amide bonds. The Bertz CT molecular complexity index is 2420. The minimum Gasteiger partial charge on any atom is -0.309 e. The average Bonchev–Trinajstić information content (AvgIpc) is 3.58. The normalized spacial score (nSPS) is 13.3. The number of hydrogen-bond acceptors (Lipinski definition) is 2. The summed E-state index contributed by atoms with van der Waals surface area (Å²) >= 11 is 1.87. The SMILES string of the molecule is CC1(C)c2ccccc2-c2c(N(c3ccccc3-c3cccc4sc5ccccc5c34)c3cccc4ccccc34)cccc21. The zero-order valence-electron chi connectivity index (χ0n) is 25.3. The third-order valence-corrected chi connectivity index (χ3v) is 10.8. The Balaban J connectivity index is 1.40. The largest absolute Gasteiger partial charge is 0.309 e. The molecule has 0 aliphatic heterocycles. The van der Waals surface area contributed by atoms with Crippen LogP contribution in [0.3, 0.4) is 0 Å². The molecule has 0 bridgehead atoms. The van der Waals surface area contributed by atoms with Gasteiger partial charge in [-0.15, -0.1) is 11.3 Å². The molecule has 0 saturated heterocycles. The van der Waals surface area contributed by atoms with Crippen molar-refractivity contribution in [2.24, 2.45) is 0 Å². The van der Waals surface area contributed by atoms with Gasteiger partial charge in [0.25, 0.3) is 0 Å². The Morgan fingerprint density at radius 2 is 1.02 bits per heavy atom. The summed E-state index contributed by atoms with van der Waals surface area (Å²) in [4.78, 5) is 2.53. The van der Waals surface area contributed by atoms with Crippen molar-refractivity contribution in [1.29, 1.82) is 0 Å². The van der Waals surface area contributed by atoms with Crippen LogP contribution in [-0.4, -0.2) is 0 Å². The maximum Gasteiger partial charge on any atom is 0.0543 e. The molecule has 2 heteroatoms. The fourth-order valence-electron chi connectivity index (χ4n) is 7.61. The van der Waals surface area contributed by atoms with E-state index in [2.05, 4.69) is 170 Å². The van der Waals surface area contributed by atoms with E-state index < -0.39 is 0 Å². The summed E-state index contributed by atoms with van der Waals surface area (Å²) in [6, 6.07) is 55.9. The molecule has 7 aromatic carbocycles. The monoisotopic (exact) mass is 593 g/mol. The molecule has 0 unspecified atom stereocenters. The van der Waals surface area contributed by atoms with E-state index in [9.17, 15) is 0 Å². The highest BCUT2D eigenvalue weighted by molar-refractivity contribution is 7.25. The lowest BCUT2D eigenvalue weighted by Crippen LogP contribution is -2.16. The van der Waals surface area contributed by atoms with Gasteiger partial charge in [-0.25, -0.2) is 0 Å². The molecule has 214 valence electrons. The number of rotatable bonds is 4. The molecule has 0 spiro atoms. The lowest BCUT2D eigenvalue weighted by atomic mass is 9.82. The molecule has 8 aromatic rings. The summed E-state index contributed by atoms with van der Waals surface area (Å²) in [6.45, 7) is 4.72. The second-order valence-electron chi connectivity index (χ2n) is 12.5. The molecule has 1 nitrogen and oxygen atoms in total. The van der Waals surface area contributed by atoms with Crippen LogP contribution in [0, 0.1) is 0 Å². The smallest absolute Gasteiger partial charge is 0.0543 e. The van der Waals surface area contributed by atoms with E-state index in [1.807, 2.05) is 11.3 Å². The Morgan fingerprint density at radius 3 is 1.93 bits per heavy atom. The minimum atomic E-state index is -0.0902. The first-order chi connectivity index (χ1) is 22.1. The molecule has 45 heavy (non-hydrogen) atoms. The van der Waals surface area contributed by atoms with Gasteiger partial charge >= 0.3 is 0 Å². The lowest BCUT2D eigenvalue weighted by molar-refractivity contribution is 0.660. The number of hydrogen-bond donors (Lipinski definition) is 0. The Kier molecular flexibility index (Phi) is 5.78. The summed E-state index contributed by atoms with van der Waals surface area (Å²) in [5.74, 6) is 0. The van der Waals surface area contributed by atoms with Crippen molar-refractivity contribution in [3.05, 3.63) is 163 Å². The Morgan fingerprint density at radius 1 is 0.444 bits per heavy atom. The van der Waals surface area contributed by atoms with Gasteiger partial charge in [-0.2, -0.15) is 0 Å². The van der Waals surface area contributed by atoms with E-state index in [-0.39, 0.29) is 5.41 Å². The molecule has 9 rings (SSSR count). The molecule has 0 N–H and O–H groups in total. The first-order valence-electron chi connectivity index (χ1n) is 15.6. The number of para-hydroxylation sites is 1. The van der Waals surface area contributed by atoms with Crippen molar-refractivity contribution in [2.75, 3.05) is 4.90 Å². The van der Waals surface area contributed by atoms with Crippen LogP contribution in [0.5, 0.6) is 0 Å². The second-order valence-corrected chi connectivity index (χ2v) is 13.6. The molecule has 0 fully saturated rings. The average molecular weight is 594 g/mol.